The highest BCUT2D eigenvalue weighted by Gasteiger charge is 2.18. The Morgan fingerprint density at radius 2 is 1.88 bits per heavy atom. The molecule has 0 aliphatic carbocycles. The zero-order valence-corrected chi connectivity index (χ0v) is 15.0. The van der Waals surface area contributed by atoms with E-state index in [1.165, 1.54) is 0 Å². The maximum atomic E-state index is 12.8. The molecule has 2 heterocycles. The molecule has 132 valence electrons. The predicted octanol–water partition coefficient (Wildman–Crippen LogP) is 4.07. The average molecular weight is 348 g/mol. The summed E-state index contributed by atoms with van der Waals surface area (Å²) in [7, 11) is 0. The fraction of sp³-hybridized carbons (Fsp3) is 0.238. The summed E-state index contributed by atoms with van der Waals surface area (Å²) in [4.78, 5) is 17.4. The lowest BCUT2D eigenvalue weighted by Gasteiger charge is -2.16. The van der Waals surface area contributed by atoms with Crippen LogP contribution in [0.25, 0.3) is 10.9 Å². The van der Waals surface area contributed by atoms with Crippen molar-refractivity contribution in [2.24, 2.45) is 0 Å². The minimum absolute atomic E-state index is 0.136. The minimum Gasteiger partial charge on any atom is -0.454 e. The van der Waals surface area contributed by atoms with Crippen molar-refractivity contribution in [2.45, 2.75) is 26.8 Å². The summed E-state index contributed by atoms with van der Waals surface area (Å²) < 4.78 is 10.7. The van der Waals surface area contributed by atoms with Crippen LogP contribution >= 0.6 is 0 Å². The molecule has 4 rings (SSSR count). The highest BCUT2D eigenvalue weighted by molar-refractivity contribution is 5.98. The normalized spacial score (nSPS) is 13.7. The Morgan fingerprint density at radius 3 is 2.73 bits per heavy atom. The van der Waals surface area contributed by atoms with Gasteiger partial charge in [-0.05, 0) is 56.7 Å². The van der Waals surface area contributed by atoms with Gasteiger partial charge in [0.05, 0.1) is 22.8 Å². The number of carbonyl (C=O) groups excluding carboxylic acids is 1. The molecule has 0 saturated heterocycles. The highest BCUT2D eigenvalue weighted by atomic mass is 16.7. The highest BCUT2D eigenvalue weighted by Crippen LogP contribution is 2.34. The topological polar surface area (TPSA) is 60.5 Å². The number of hydrogen-bond donors (Lipinski definition) is 1. The van der Waals surface area contributed by atoms with Gasteiger partial charge in [0.1, 0.15) is 0 Å². The number of benzene rings is 2. The summed E-state index contributed by atoms with van der Waals surface area (Å²) in [5, 5.41) is 4.02. The first-order valence-corrected chi connectivity index (χ1v) is 8.60. The number of amides is 1. The Balaban J connectivity index is 1.59. The van der Waals surface area contributed by atoms with E-state index in [2.05, 4.69) is 10.3 Å². The molecule has 1 aromatic heterocycles. The number of pyridine rings is 1. The van der Waals surface area contributed by atoms with Crippen LogP contribution in [0.2, 0.25) is 0 Å². The molecule has 1 atom stereocenters. The van der Waals surface area contributed by atoms with E-state index in [0.29, 0.717) is 11.3 Å². The Labute approximate surface area is 152 Å². The van der Waals surface area contributed by atoms with E-state index >= 15 is 0 Å². The molecule has 0 fully saturated rings. The van der Waals surface area contributed by atoms with Crippen LogP contribution in [0, 0.1) is 13.8 Å². The fourth-order valence-corrected chi connectivity index (χ4v) is 3.16. The van der Waals surface area contributed by atoms with E-state index < -0.39 is 0 Å². The van der Waals surface area contributed by atoms with Gasteiger partial charge in [0.25, 0.3) is 5.91 Å². The smallest absolute Gasteiger partial charge is 0.253 e. The van der Waals surface area contributed by atoms with Gasteiger partial charge in [0.2, 0.25) is 6.79 Å². The third-order valence-corrected chi connectivity index (χ3v) is 4.65. The summed E-state index contributed by atoms with van der Waals surface area (Å²) in [5.41, 5.74) is 4.31. The Morgan fingerprint density at radius 1 is 1.08 bits per heavy atom. The zero-order valence-electron chi connectivity index (χ0n) is 15.0. The SMILES string of the molecule is Cc1ccc2nc(C)c(C(=O)NC(C)c3ccc4c(c3)OCO4)cc2c1. The van der Waals surface area contributed by atoms with Gasteiger partial charge in [0.15, 0.2) is 11.5 Å². The lowest BCUT2D eigenvalue weighted by Crippen LogP contribution is -2.27. The van der Waals surface area contributed by atoms with Gasteiger partial charge in [-0.25, -0.2) is 0 Å². The Bertz CT molecular complexity index is 1010. The minimum atomic E-state index is -0.162. The van der Waals surface area contributed by atoms with Gasteiger partial charge in [-0.1, -0.05) is 17.7 Å². The number of nitrogens with one attached hydrogen (secondary N) is 1. The lowest BCUT2D eigenvalue weighted by atomic mass is 10.0. The van der Waals surface area contributed by atoms with Crippen LogP contribution in [0.5, 0.6) is 11.5 Å². The van der Waals surface area contributed by atoms with Crippen molar-refractivity contribution >= 4 is 16.8 Å². The van der Waals surface area contributed by atoms with Gasteiger partial charge in [-0.15, -0.1) is 0 Å². The summed E-state index contributed by atoms with van der Waals surface area (Å²) >= 11 is 0. The van der Waals surface area contributed by atoms with Gasteiger partial charge in [0, 0.05) is 5.39 Å². The number of hydrogen-bond acceptors (Lipinski definition) is 4. The Kier molecular flexibility index (Phi) is 3.99. The van der Waals surface area contributed by atoms with E-state index in [4.69, 9.17) is 9.47 Å². The number of ether oxygens (including phenoxy) is 2. The first-order valence-electron chi connectivity index (χ1n) is 8.60. The van der Waals surface area contributed by atoms with Gasteiger partial charge in [-0.3, -0.25) is 9.78 Å². The van der Waals surface area contributed by atoms with Crippen LogP contribution in [0.15, 0.2) is 42.5 Å². The number of fused-ring (bicyclic) bond motifs is 2. The van der Waals surface area contributed by atoms with Crippen molar-refractivity contribution in [1.82, 2.24) is 10.3 Å². The molecule has 0 spiro atoms. The first kappa shape index (κ1) is 16.4. The number of rotatable bonds is 3. The summed E-state index contributed by atoms with van der Waals surface area (Å²) in [6.45, 7) is 6.07. The van der Waals surface area contributed by atoms with Crippen LogP contribution in [0.4, 0.5) is 0 Å². The van der Waals surface area contributed by atoms with Crippen LogP contribution in [0.3, 0.4) is 0 Å². The molecule has 2 aromatic carbocycles. The molecule has 26 heavy (non-hydrogen) atoms. The molecule has 1 aliphatic rings. The molecule has 0 radical (unpaired) electrons. The molecule has 1 unspecified atom stereocenters. The Hall–Kier alpha value is -3.08. The van der Waals surface area contributed by atoms with Crippen LogP contribution in [-0.2, 0) is 0 Å². The third kappa shape index (κ3) is 2.96. The summed E-state index contributed by atoms with van der Waals surface area (Å²) in [6.07, 6.45) is 0. The second-order valence-corrected chi connectivity index (χ2v) is 6.63. The van der Waals surface area contributed by atoms with Crippen molar-refractivity contribution in [2.75, 3.05) is 6.79 Å². The second-order valence-electron chi connectivity index (χ2n) is 6.63. The monoisotopic (exact) mass is 348 g/mol. The molecular weight excluding hydrogens is 328 g/mol. The first-order chi connectivity index (χ1) is 12.5. The van der Waals surface area contributed by atoms with Crippen molar-refractivity contribution in [3.05, 3.63) is 64.8 Å². The summed E-state index contributed by atoms with van der Waals surface area (Å²) in [5.74, 6) is 1.31. The van der Waals surface area contributed by atoms with Crippen LogP contribution < -0.4 is 14.8 Å². The molecule has 1 amide bonds. The molecular formula is C21H20N2O3. The van der Waals surface area contributed by atoms with Gasteiger partial charge < -0.3 is 14.8 Å². The lowest BCUT2D eigenvalue weighted by molar-refractivity contribution is 0.0939. The van der Waals surface area contributed by atoms with Crippen LogP contribution in [0.1, 0.15) is 40.1 Å². The van der Waals surface area contributed by atoms with E-state index in [0.717, 1.165) is 33.5 Å². The molecule has 5 heteroatoms. The van der Waals surface area contributed by atoms with E-state index in [1.54, 1.807) is 0 Å². The average Bonchev–Trinajstić information content (AvgIpc) is 3.09. The largest absolute Gasteiger partial charge is 0.454 e. The van der Waals surface area contributed by atoms with Crippen LogP contribution in [-0.4, -0.2) is 17.7 Å². The molecule has 1 aliphatic heterocycles. The van der Waals surface area contributed by atoms with Crippen molar-refractivity contribution < 1.29 is 14.3 Å². The van der Waals surface area contributed by atoms with Gasteiger partial charge in [-0.2, -0.15) is 0 Å². The number of carbonyl (C=O) groups is 1. The van der Waals surface area contributed by atoms with E-state index in [9.17, 15) is 4.79 Å². The van der Waals surface area contributed by atoms with Crippen molar-refractivity contribution in [3.63, 3.8) is 0 Å². The predicted molar refractivity (Wildman–Crippen MR) is 99.7 cm³/mol. The van der Waals surface area contributed by atoms with Gasteiger partial charge >= 0.3 is 0 Å². The molecule has 1 N–H and O–H groups in total. The molecule has 0 saturated carbocycles. The summed E-state index contributed by atoms with van der Waals surface area (Å²) in [6, 6.07) is 13.5. The number of nitrogens with zero attached hydrogens (tertiary/aromatic N) is 1. The number of aryl methyl sites for hydroxylation is 2. The molecule has 0 bridgehead atoms. The number of aromatic nitrogens is 1. The van der Waals surface area contributed by atoms with E-state index in [1.807, 2.05) is 63.2 Å². The standard InChI is InChI=1S/C21H20N2O3/c1-12-4-6-18-16(8-12)9-17(14(3)22-18)21(24)23-13(2)15-5-7-19-20(10-15)26-11-25-19/h4-10,13H,11H2,1-3H3,(H,23,24). The molecule has 3 aromatic rings. The fourth-order valence-electron chi connectivity index (χ4n) is 3.16. The molecule has 5 nitrogen and oxygen atoms in total. The van der Waals surface area contributed by atoms with Crippen molar-refractivity contribution in [1.29, 1.82) is 0 Å². The third-order valence-electron chi connectivity index (χ3n) is 4.65. The second kappa shape index (κ2) is 6.33. The van der Waals surface area contributed by atoms with E-state index in [-0.39, 0.29) is 18.7 Å². The maximum Gasteiger partial charge on any atom is 0.253 e. The maximum absolute atomic E-state index is 12.8. The van der Waals surface area contributed by atoms with Crippen molar-refractivity contribution in [3.8, 4) is 11.5 Å². The quantitative estimate of drug-likeness (QED) is 0.775. The zero-order chi connectivity index (χ0) is 18.3.